The molecule has 1 aliphatic heterocycles. The lowest BCUT2D eigenvalue weighted by Crippen LogP contribution is -2.46. The third kappa shape index (κ3) is 4.24. The first-order valence-electron chi connectivity index (χ1n) is 9.81. The lowest BCUT2D eigenvalue weighted by molar-refractivity contribution is 0.0781. The predicted octanol–water partition coefficient (Wildman–Crippen LogP) is 3.22. The third-order valence-electron chi connectivity index (χ3n) is 5.86. The SMILES string of the molecule is CCC(C1(c2cccs2)CCN(C(=O)c2cc(OC)c(OC)c(OC)c2)C1)S(=O)(=O)O. The highest BCUT2D eigenvalue weighted by Gasteiger charge is 2.52. The molecule has 2 unspecified atom stereocenters. The van der Waals surface area contributed by atoms with Crippen molar-refractivity contribution in [3.8, 4) is 17.2 Å². The minimum absolute atomic E-state index is 0.182. The van der Waals surface area contributed by atoms with Crippen molar-refractivity contribution in [2.24, 2.45) is 0 Å². The predicted molar refractivity (Wildman–Crippen MR) is 118 cm³/mol. The molecule has 170 valence electrons. The van der Waals surface area contributed by atoms with E-state index in [4.69, 9.17) is 14.2 Å². The zero-order valence-corrected chi connectivity index (χ0v) is 19.6. The fourth-order valence-electron chi connectivity index (χ4n) is 4.46. The first kappa shape index (κ1) is 23.4. The maximum atomic E-state index is 13.4. The summed E-state index contributed by atoms with van der Waals surface area (Å²) in [5.41, 5.74) is -0.524. The number of carbonyl (C=O) groups is 1. The molecule has 8 nitrogen and oxygen atoms in total. The fourth-order valence-corrected chi connectivity index (χ4v) is 6.85. The van der Waals surface area contributed by atoms with E-state index in [9.17, 15) is 17.8 Å². The van der Waals surface area contributed by atoms with Crippen LogP contribution < -0.4 is 14.2 Å². The second-order valence-electron chi connectivity index (χ2n) is 7.44. The Balaban J connectivity index is 2.00. The number of benzene rings is 1. The summed E-state index contributed by atoms with van der Waals surface area (Å²) in [5.74, 6) is 0.827. The molecule has 0 saturated carbocycles. The van der Waals surface area contributed by atoms with Gasteiger partial charge in [0.25, 0.3) is 16.0 Å². The van der Waals surface area contributed by atoms with Crippen LogP contribution in [0, 0.1) is 0 Å². The summed E-state index contributed by atoms with van der Waals surface area (Å²) in [6, 6.07) is 6.87. The molecule has 1 saturated heterocycles. The molecule has 3 rings (SSSR count). The van der Waals surface area contributed by atoms with Crippen LogP contribution in [0.4, 0.5) is 0 Å². The number of methoxy groups -OCH3 is 3. The van der Waals surface area contributed by atoms with Gasteiger partial charge in [-0.1, -0.05) is 13.0 Å². The Bertz CT molecular complexity index is 1010. The highest BCUT2D eigenvalue weighted by molar-refractivity contribution is 7.86. The normalized spacial score (nSPS) is 19.8. The van der Waals surface area contributed by atoms with Gasteiger partial charge >= 0.3 is 0 Å². The van der Waals surface area contributed by atoms with Crippen molar-refractivity contribution >= 4 is 27.4 Å². The summed E-state index contributed by atoms with van der Waals surface area (Å²) in [6.07, 6.45) is 0.672. The highest BCUT2D eigenvalue weighted by Crippen LogP contribution is 2.45. The van der Waals surface area contributed by atoms with Crippen molar-refractivity contribution in [2.45, 2.75) is 30.4 Å². The lowest BCUT2D eigenvalue weighted by Gasteiger charge is -2.34. The average Bonchev–Trinajstić information content (AvgIpc) is 3.42. The van der Waals surface area contributed by atoms with Crippen LogP contribution in [-0.4, -0.2) is 63.4 Å². The zero-order valence-electron chi connectivity index (χ0n) is 18.0. The molecule has 2 atom stereocenters. The molecule has 31 heavy (non-hydrogen) atoms. The minimum atomic E-state index is -4.31. The van der Waals surface area contributed by atoms with Gasteiger partial charge in [0.15, 0.2) is 11.5 Å². The van der Waals surface area contributed by atoms with Crippen molar-refractivity contribution < 1.29 is 32.0 Å². The Kier molecular flexibility index (Phi) is 6.82. The number of ether oxygens (including phenoxy) is 3. The number of hydrogen-bond acceptors (Lipinski definition) is 7. The first-order valence-corrected chi connectivity index (χ1v) is 12.2. The fraction of sp³-hybridized carbons (Fsp3) is 0.476. The molecule has 0 radical (unpaired) electrons. The van der Waals surface area contributed by atoms with Crippen LogP contribution in [0.1, 0.15) is 35.0 Å². The number of likely N-dealkylation sites (tertiary alicyclic amines) is 1. The second kappa shape index (κ2) is 9.05. The molecule has 0 spiro atoms. The van der Waals surface area contributed by atoms with Crippen molar-refractivity contribution in [3.05, 3.63) is 40.1 Å². The van der Waals surface area contributed by atoms with Crippen LogP contribution in [-0.2, 0) is 15.5 Å². The number of nitrogens with zero attached hydrogens (tertiary/aromatic N) is 1. The Morgan fingerprint density at radius 1 is 1.23 bits per heavy atom. The largest absolute Gasteiger partial charge is 0.493 e. The van der Waals surface area contributed by atoms with Gasteiger partial charge in [0.05, 0.1) is 26.6 Å². The zero-order chi connectivity index (χ0) is 22.8. The van der Waals surface area contributed by atoms with E-state index >= 15 is 0 Å². The van der Waals surface area contributed by atoms with Gasteiger partial charge < -0.3 is 19.1 Å². The molecule has 0 aliphatic carbocycles. The van der Waals surface area contributed by atoms with Crippen LogP contribution in [0.15, 0.2) is 29.6 Å². The summed E-state index contributed by atoms with van der Waals surface area (Å²) < 4.78 is 50.5. The van der Waals surface area contributed by atoms with Crippen LogP contribution in [0.25, 0.3) is 0 Å². The van der Waals surface area contributed by atoms with Gasteiger partial charge in [0, 0.05) is 28.9 Å². The molecule has 1 aromatic heterocycles. The standard InChI is InChI=1S/C21H27NO7S2/c1-5-18(31(24,25)26)21(17-7-6-10-30-17)8-9-22(13-21)20(23)14-11-15(27-2)19(29-4)16(12-14)28-3/h6-7,10-12,18H,5,8-9,13H2,1-4H3,(H,24,25,26). The summed E-state index contributed by atoms with van der Waals surface area (Å²) in [5, 5.41) is 0.869. The van der Waals surface area contributed by atoms with Crippen LogP contribution in [0.5, 0.6) is 17.2 Å². The first-order chi connectivity index (χ1) is 14.7. The quantitative estimate of drug-likeness (QED) is 0.592. The van der Waals surface area contributed by atoms with E-state index in [0.29, 0.717) is 35.8 Å². The van der Waals surface area contributed by atoms with E-state index < -0.39 is 20.8 Å². The second-order valence-corrected chi connectivity index (χ2v) is 9.98. The molecule has 1 amide bonds. The monoisotopic (exact) mass is 469 g/mol. The van der Waals surface area contributed by atoms with Gasteiger partial charge in [0.2, 0.25) is 5.75 Å². The number of thiophene rings is 1. The number of rotatable bonds is 8. The van der Waals surface area contributed by atoms with E-state index in [-0.39, 0.29) is 18.9 Å². The van der Waals surface area contributed by atoms with Crippen LogP contribution in [0.3, 0.4) is 0 Å². The van der Waals surface area contributed by atoms with Crippen molar-refractivity contribution in [3.63, 3.8) is 0 Å². The Hall–Kier alpha value is -2.30. The Morgan fingerprint density at radius 2 is 1.87 bits per heavy atom. The third-order valence-corrected chi connectivity index (χ3v) is 8.45. The smallest absolute Gasteiger partial charge is 0.268 e. The van der Waals surface area contributed by atoms with Gasteiger partial charge in [-0.25, -0.2) is 0 Å². The lowest BCUT2D eigenvalue weighted by atomic mass is 9.80. The molecular formula is C21H27NO7S2. The summed E-state index contributed by atoms with van der Waals surface area (Å²) >= 11 is 1.44. The van der Waals surface area contributed by atoms with Gasteiger partial charge in [-0.2, -0.15) is 8.42 Å². The highest BCUT2D eigenvalue weighted by atomic mass is 32.2. The van der Waals surface area contributed by atoms with Gasteiger partial charge in [-0.05, 0) is 36.4 Å². The molecule has 1 fully saturated rings. The van der Waals surface area contributed by atoms with Crippen LogP contribution >= 0.6 is 11.3 Å². The molecule has 1 N–H and O–H groups in total. The van der Waals surface area contributed by atoms with Crippen molar-refractivity contribution in [1.82, 2.24) is 4.90 Å². The number of carbonyl (C=O) groups excluding carboxylic acids is 1. The van der Waals surface area contributed by atoms with E-state index in [1.54, 1.807) is 24.0 Å². The van der Waals surface area contributed by atoms with E-state index in [1.165, 1.54) is 32.7 Å². The minimum Gasteiger partial charge on any atom is -0.493 e. The summed E-state index contributed by atoms with van der Waals surface area (Å²) in [4.78, 5) is 15.8. The maximum Gasteiger partial charge on any atom is 0.268 e. The topological polar surface area (TPSA) is 102 Å². The van der Waals surface area contributed by atoms with Crippen LogP contribution in [0.2, 0.25) is 0 Å². The average molecular weight is 470 g/mol. The molecule has 1 aromatic carbocycles. The van der Waals surface area contributed by atoms with E-state index in [1.807, 2.05) is 17.5 Å². The maximum absolute atomic E-state index is 13.4. The summed E-state index contributed by atoms with van der Waals surface area (Å²) in [6.45, 7) is 2.28. The molecule has 0 bridgehead atoms. The van der Waals surface area contributed by atoms with Gasteiger partial charge in [-0.15, -0.1) is 11.3 Å². The molecule has 2 aromatic rings. The molecule has 2 heterocycles. The van der Waals surface area contributed by atoms with Crippen molar-refractivity contribution in [1.29, 1.82) is 0 Å². The van der Waals surface area contributed by atoms with Gasteiger partial charge in [-0.3, -0.25) is 9.35 Å². The molecule has 1 aliphatic rings. The Morgan fingerprint density at radius 3 is 2.32 bits per heavy atom. The molecular weight excluding hydrogens is 442 g/mol. The van der Waals surface area contributed by atoms with Gasteiger partial charge in [0.1, 0.15) is 0 Å². The van der Waals surface area contributed by atoms with E-state index in [2.05, 4.69) is 0 Å². The number of amides is 1. The summed E-state index contributed by atoms with van der Waals surface area (Å²) in [7, 11) is 0.116. The van der Waals surface area contributed by atoms with Crippen molar-refractivity contribution in [2.75, 3.05) is 34.4 Å². The molecule has 10 heteroatoms. The van der Waals surface area contributed by atoms with E-state index in [0.717, 1.165) is 4.88 Å². The number of hydrogen-bond donors (Lipinski definition) is 1. The Labute approximate surface area is 186 Å².